The maximum atomic E-state index is 13.2. The molecule has 0 aliphatic heterocycles. The SMILES string of the molecule is Cn1ccc(C(Nc2ccc(S(N)(=O)=O)nn2)c2ccc(F)cc2)n1. The first-order chi connectivity index (χ1) is 11.8. The number of aromatic nitrogens is 4. The predicted octanol–water partition coefficient (Wildman–Crippen LogP) is 1.20. The molecule has 1 unspecified atom stereocenters. The molecule has 0 fully saturated rings. The van der Waals surface area contributed by atoms with Gasteiger partial charge in [-0.05, 0) is 35.9 Å². The third kappa shape index (κ3) is 3.98. The molecule has 25 heavy (non-hydrogen) atoms. The van der Waals surface area contributed by atoms with Gasteiger partial charge in [0.2, 0.25) is 0 Å². The van der Waals surface area contributed by atoms with E-state index in [4.69, 9.17) is 5.14 Å². The van der Waals surface area contributed by atoms with E-state index in [1.807, 2.05) is 6.07 Å². The minimum absolute atomic E-state index is 0.325. The quantitative estimate of drug-likeness (QED) is 0.704. The molecule has 0 amide bonds. The third-order valence-corrected chi connectivity index (χ3v) is 4.26. The molecule has 0 bridgehead atoms. The highest BCUT2D eigenvalue weighted by atomic mass is 32.2. The van der Waals surface area contributed by atoms with Crippen LogP contribution in [0.25, 0.3) is 0 Å². The molecule has 1 aromatic carbocycles. The Kier molecular flexibility index (Phi) is 4.47. The molecule has 3 N–H and O–H groups in total. The fourth-order valence-corrected chi connectivity index (χ4v) is 2.68. The Labute approximate surface area is 143 Å². The molecule has 1 atom stereocenters. The molecule has 0 spiro atoms. The molecular weight excluding hydrogens is 347 g/mol. The van der Waals surface area contributed by atoms with Crippen LogP contribution in [-0.2, 0) is 17.1 Å². The van der Waals surface area contributed by atoms with Crippen LogP contribution < -0.4 is 10.5 Å². The second kappa shape index (κ2) is 6.57. The summed E-state index contributed by atoms with van der Waals surface area (Å²) in [6.45, 7) is 0. The fraction of sp³-hybridized carbons (Fsp3) is 0.133. The second-order valence-electron chi connectivity index (χ2n) is 5.34. The van der Waals surface area contributed by atoms with Crippen LogP contribution in [0.3, 0.4) is 0 Å². The number of rotatable bonds is 5. The Bertz CT molecular complexity index is 970. The number of hydrogen-bond donors (Lipinski definition) is 2. The molecule has 8 nitrogen and oxygen atoms in total. The second-order valence-corrected chi connectivity index (χ2v) is 6.85. The van der Waals surface area contributed by atoms with Crippen LogP contribution in [0.2, 0.25) is 0 Å². The molecule has 0 aliphatic rings. The first kappa shape index (κ1) is 17.0. The number of nitrogens with one attached hydrogen (secondary N) is 1. The van der Waals surface area contributed by atoms with E-state index in [0.29, 0.717) is 11.5 Å². The average Bonchev–Trinajstić information content (AvgIpc) is 2.99. The summed E-state index contributed by atoms with van der Waals surface area (Å²) in [4.78, 5) is 0. The van der Waals surface area contributed by atoms with Crippen molar-refractivity contribution in [2.45, 2.75) is 11.1 Å². The molecule has 0 radical (unpaired) electrons. The predicted molar refractivity (Wildman–Crippen MR) is 88.5 cm³/mol. The minimum atomic E-state index is -3.91. The lowest BCUT2D eigenvalue weighted by Gasteiger charge is -2.17. The van der Waals surface area contributed by atoms with Gasteiger partial charge in [-0.1, -0.05) is 12.1 Å². The van der Waals surface area contributed by atoms with E-state index in [1.54, 1.807) is 30.1 Å². The van der Waals surface area contributed by atoms with Crippen molar-refractivity contribution in [2.24, 2.45) is 12.2 Å². The van der Waals surface area contributed by atoms with Crippen molar-refractivity contribution in [2.75, 3.05) is 5.32 Å². The van der Waals surface area contributed by atoms with Crippen LogP contribution in [0, 0.1) is 5.82 Å². The zero-order chi connectivity index (χ0) is 18.0. The van der Waals surface area contributed by atoms with Crippen molar-refractivity contribution in [3.63, 3.8) is 0 Å². The summed E-state index contributed by atoms with van der Waals surface area (Å²) in [5.41, 5.74) is 1.45. The Hall–Kier alpha value is -2.85. The number of primary sulfonamides is 1. The van der Waals surface area contributed by atoms with Gasteiger partial charge in [0.15, 0.2) is 5.03 Å². The van der Waals surface area contributed by atoms with E-state index >= 15 is 0 Å². The summed E-state index contributed by atoms with van der Waals surface area (Å²) in [6, 6.07) is 10.1. The number of nitrogens with zero attached hydrogens (tertiary/aromatic N) is 4. The molecule has 10 heteroatoms. The van der Waals surface area contributed by atoms with Crippen molar-refractivity contribution >= 4 is 15.8 Å². The van der Waals surface area contributed by atoms with Gasteiger partial charge in [0.25, 0.3) is 10.0 Å². The summed E-state index contributed by atoms with van der Waals surface area (Å²) in [6.07, 6.45) is 1.78. The average molecular weight is 362 g/mol. The van der Waals surface area contributed by atoms with E-state index in [2.05, 4.69) is 20.6 Å². The van der Waals surface area contributed by atoms with E-state index < -0.39 is 16.1 Å². The molecule has 130 valence electrons. The first-order valence-electron chi connectivity index (χ1n) is 7.21. The van der Waals surface area contributed by atoms with Crippen LogP contribution in [0.15, 0.2) is 53.7 Å². The molecule has 0 saturated heterocycles. The first-order valence-corrected chi connectivity index (χ1v) is 8.75. The van der Waals surface area contributed by atoms with E-state index in [1.165, 1.54) is 24.3 Å². The van der Waals surface area contributed by atoms with Crippen molar-refractivity contribution in [1.82, 2.24) is 20.0 Å². The van der Waals surface area contributed by atoms with Crippen LogP contribution >= 0.6 is 0 Å². The highest BCUT2D eigenvalue weighted by molar-refractivity contribution is 7.89. The molecule has 2 aromatic heterocycles. The van der Waals surface area contributed by atoms with Gasteiger partial charge in [0, 0.05) is 13.2 Å². The lowest BCUT2D eigenvalue weighted by molar-refractivity contribution is 0.592. The van der Waals surface area contributed by atoms with Crippen molar-refractivity contribution in [3.05, 3.63) is 65.7 Å². The van der Waals surface area contributed by atoms with Gasteiger partial charge in [-0.25, -0.2) is 17.9 Å². The number of anilines is 1. The number of halogens is 1. The third-order valence-electron chi connectivity index (χ3n) is 3.46. The largest absolute Gasteiger partial charge is 0.356 e. The number of sulfonamides is 1. The van der Waals surface area contributed by atoms with Crippen molar-refractivity contribution in [3.8, 4) is 0 Å². The highest BCUT2D eigenvalue weighted by Gasteiger charge is 2.18. The summed E-state index contributed by atoms with van der Waals surface area (Å²) in [5, 5.41) is 19.6. The van der Waals surface area contributed by atoms with Crippen LogP contribution in [-0.4, -0.2) is 28.4 Å². The minimum Gasteiger partial charge on any atom is -0.356 e. The van der Waals surface area contributed by atoms with Crippen LogP contribution in [0.4, 0.5) is 10.2 Å². The lowest BCUT2D eigenvalue weighted by Crippen LogP contribution is -2.17. The van der Waals surface area contributed by atoms with Gasteiger partial charge >= 0.3 is 0 Å². The fourth-order valence-electron chi connectivity index (χ4n) is 2.27. The van der Waals surface area contributed by atoms with Gasteiger partial charge in [0.05, 0.1) is 11.7 Å². The summed E-state index contributed by atoms with van der Waals surface area (Å²) >= 11 is 0. The van der Waals surface area contributed by atoms with E-state index in [0.717, 1.165) is 5.56 Å². The molecule has 2 heterocycles. The number of aryl methyl sites for hydroxylation is 1. The normalized spacial score (nSPS) is 12.8. The smallest absolute Gasteiger partial charge is 0.257 e. The molecule has 0 saturated carbocycles. The zero-order valence-corrected chi connectivity index (χ0v) is 14.0. The van der Waals surface area contributed by atoms with Crippen molar-refractivity contribution in [1.29, 1.82) is 0 Å². The van der Waals surface area contributed by atoms with Gasteiger partial charge in [-0.3, -0.25) is 4.68 Å². The maximum absolute atomic E-state index is 13.2. The zero-order valence-electron chi connectivity index (χ0n) is 13.2. The maximum Gasteiger partial charge on any atom is 0.257 e. The summed E-state index contributed by atoms with van der Waals surface area (Å²) in [5.74, 6) is -0.0202. The topological polar surface area (TPSA) is 116 Å². The van der Waals surface area contributed by atoms with E-state index in [9.17, 15) is 12.8 Å². The van der Waals surface area contributed by atoms with Gasteiger partial charge in [-0.15, -0.1) is 10.2 Å². The van der Waals surface area contributed by atoms with Crippen LogP contribution in [0.5, 0.6) is 0 Å². The Morgan fingerprint density at radius 3 is 2.36 bits per heavy atom. The summed E-state index contributed by atoms with van der Waals surface area (Å²) in [7, 11) is -2.13. The Balaban J connectivity index is 1.94. The van der Waals surface area contributed by atoms with Gasteiger partial charge in [-0.2, -0.15) is 5.10 Å². The molecule has 0 aliphatic carbocycles. The van der Waals surface area contributed by atoms with Gasteiger partial charge < -0.3 is 5.32 Å². The number of hydrogen-bond acceptors (Lipinski definition) is 6. The number of benzene rings is 1. The summed E-state index contributed by atoms with van der Waals surface area (Å²) < 4.78 is 37.4. The lowest BCUT2D eigenvalue weighted by atomic mass is 10.0. The molecular formula is C15H15FN6O2S. The van der Waals surface area contributed by atoms with Gasteiger partial charge in [0.1, 0.15) is 11.6 Å². The molecule has 3 aromatic rings. The Morgan fingerprint density at radius 1 is 1.12 bits per heavy atom. The molecule has 3 rings (SSSR count). The van der Waals surface area contributed by atoms with Crippen molar-refractivity contribution < 1.29 is 12.8 Å². The standard InChI is InChI=1S/C15H15FN6O2S/c1-22-9-8-12(21-22)15(10-2-4-11(16)5-3-10)18-13-6-7-14(20-19-13)25(17,23)24/h2-9,15H,1H3,(H,18,19)(H2,17,23,24). The van der Waals surface area contributed by atoms with E-state index in [-0.39, 0.29) is 10.8 Å². The highest BCUT2D eigenvalue weighted by Crippen LogP contribution is 2.25. The van der Waals surface area contributed by atoms with Crippen LogP contribution in [0.1, 0.15) is 17.3 Å². The Morgan fingerprint density at radius 2 is 1.84 bits per heavy atom. The monoisotopic (exact) mass is 362 g/mol. The number of nitrogens with two attached hydrogens (primary N) is 1.